The summed E-state index contributed by atoms with van der Waals surface area (Å²) < 4.78 is 12.7. The van der Waals surface area contributed by atoms with E-state index < -0.39 is 60.0 Å². The van der Waals surface area contributed by atoms with Gasteiger partial charge in [-0.3, -0.25) is 0 Å². The number of carbonyl (C=O) groups is 5. The summed E-state index contributed by atoms with van der Waals surface area (Å²) in [6, 6.07) is 15.6. The van der Waals surface area contributed by atoms with Crippen molar-refractivity contribution in [2.45, 2.75) is 103 Å². The number of hydrogen-bond acceptors (Lipinski definition) is 7. The third-order valence-electron chi connectivity index (χ3n) is 7.69. The summed E-state index contributed by atoms with van der Waals surface area (Å²) >= 11 is -0.270. The molecule has 2 aromatic carbocycles. The van der Waals surface area contributed by atoms with Crippen LogP contribution in [0.15, 0.2) is 60.7 Å². The molecule has 2 unspecified atom stereocenters. The van der Waals surface area contributed by atoms with E-state index in [0.717, 1.165) is 10.0 Å². The predicted octanol–water partition coefficient (Wildman–Crippen LogP) is 3.11. The van der Waals surface area contributed by atoms with Crippen LogP contribution in [0.5, 0.6) is 0 Å². The van der Waals surface area contributed by atoms with Gasteiger partial charge in [0.1, 0.15) is 0 Å². The first-order chi connectivity index (χ1) is 22.2. The zero-order chi connectivity index (χ0) is 34.7. The molecule has 11 heteroatoms. The molecular formula is C36H49N3O7Se. The molecule has 6 atom stereocenters. The number of hydrogen-bond donors (Lipinski definition) is 3. The van der Waals surface area contributed by atoms with Crippen LogP contribution in [0, 0.1) is 17.8 Å². The molecule has 1 saturated heterocycles. The van der Waals surface area contributed by atoms with E-state index in [4.69, 9.17) is 9.47 Å². The van der Waals surface area contributed by atoms with Crippen LogP contribution in [0.25, 0.3) is 0 Å². The van der Waals surface area contributed by atoms with Crippen LogP contribution in [0.3, 0.4) is 0 Å². The van der Waals surface area contributed by atoms with Crippen molar-refractivity contribution in [1.82, 2.24) is 16.0 Å². The monoisotopic (exact) mass is 715 g/mol. The fraction of sp³-hybridized carbons (Fsp3) is 0.528. The van der Waals surface area contributed by atoms with Gasteiger partial charge in [0.2, 0.25) is 0 Å². The van der Waals surface area contributed by atoms with Crippen molar-refractivity contribution < 1.29 is 33.4 Å². The van der Waals surface area contributed by atoms with Crippen molar-refractivity contribution in [3.63, 3.8) is 0 Å². The molecule has 47 heavy (non-hydrogen) atoms. The number of esters is 2. The molecule has 0 aliphatic carbocycles. The Hall–Kier alpha value is -3.69. The SMILES string of the molecule is CC(C)C[C@@H]1OC(=O)[C@H](Cc2ccccc2)OC(=O)C(C(C)[Se]c2ccccc2)NC(=O)[C@H](C(C)C)NC(=O)[C@@H](CC(C)C)NC1=O. The number of carbonyl (C=O) groups excluding carboxylic acids is 5. The van der Waals surface area contributed by atoms with Crippen molar-refractivity contribution in [2.24, 2.45) is 17.8 Å². The average molecular weight is 715 g/mol. The molecule has 256 valence electrons. The van der Waals surface area contributed by atoms with Crippen molar-refractivity contribution in [1.29, 1.82) is 0 Å². The van der Waals surface area contributed by atoms with E-state index in [1.54, 1.807) is 26.0 Å². The third kappa shape index (κ3) is 11.8. The van der Waals surface area contributed by atoms with Crippen molar-refractivity contribution >= 4 is 49.1 Å². The minimum atomic E-state index is -1.39. The number of benzene rings is 2. The summed E-state index contributed by atoms with van der Waals surface area (Å²) in [7, 11) is 0. The molecule has 10 nitrogen and oxygen atoms in total. The van der Waals surface area contributed by atoms with Crippen molar-refractivity contribution in [3.8, 4) is 0 Å². The number of nitrogens with one attached hydrogen (secondary N) is 3. The van der Waals surface area contributed by atoms with Crippen LogP contribution in [0.1, 0.15) is 66.9 Å². The van der Waals surface area contributed by atoms with E-state index in [-0.39, 0.29) is 50.4 Å². The van der Waals surface area contributed by atoms with Crippen molar-refractivity contribution in [2.75, 3.05) is 0 Å². The normalized spacial score (nSPS) is 24.0. The Bertz CT molecular complexity index is 1350. The first-order valence-electron chi connectivity index (χ1n) is 16.3. The van der Waals surface area contributed by atoms with E-state index >= 15 is 0 Å². The summed E-state index contributed by atoms with van der Waals surface area (Å²) in [5.41, 5.74) is 0.721. The quantitative estimate of drug-likeness (QED) is 0.254. The zero-order valence-electron chi connectivity index (χ0n) is 28.4. The van der Waals surface area contributed by atoms with E-state index in [2.05, 4.69) is 16.0 Å². The van der Waals surface area contributed by atoms with Gasteiger partial charge in [-0.15, -0.1) is 0 Å². The minimum absolute atomic E-state index is 0.00490. The molecule has 3 rings (SSSR count). The standard InChI is InChI=1S/C36H49N3O7Se/c1-21(2)18-27-32(40)38-30(23(5)6)34(42)39-31(24(7)47-26-16-12-9-13-17-26)36(44)46-29(20-25-14-10-8-11-15-25)35(43)45-28(19-22(3)4)33(41)37-27/h8-17,21-24,27-31H,18-20H2,1-7H3,(H,37,41)(H,38,40)(H,39,42)/t24?,27-,28+,29+,30+,31?/m1/s1. The zero-order valence-corrected chi connectivity index (χ0v) is 30.1. The van der Waals surface area contributed by atoms with Gasteiger partial charge in [-0.1, -0.05) is 0 Å². The Morgan fingerprint density at radius 3 is 1.74 bits per heavy atom. The topological polar surface area (TPSA) is 140 Å². The Morgan fingerprint density at radius 2 is 1.17 bits per heavy atom. The van der Waals surface area contributed by atoms with Crippen molar-refractivity contribution in [3.05, 3.63) is 66.2 Å². The van der Waals surface area contributed by atoms with E-state index in [1.165, 1.54) is 0 Å². The van der Waals surface area contributed by atoms with Crippen LogP contribution < -0.4 is 20.4 Å². The molecule has 0 spiro atoms. The maximum atomic E-state index is 14.0. The van der Waals surface area contributed by atoms with E-state index in [1.807, 2.05) is 83.1 Å². The molecule has 0 aromatic heterocycles. The molecule has 3 N–H and O–H groups in total. The predicted molar refractivity (Wildman–Crippen MR) is 181 cm³/mol. The third-order valence-corrected chi connectivity index (χ3v) is 10.2. The van der Waals surface area contributed by atoms with Crippen LogP contribution in [0.2, 0.25) is 4.82 Å². The number of ether oxygens (including phenoxy) is 2. The van der Waals surface area contributed by atoms with Crippen LogP contribution >= 0.6 is 0 Å². The van der Waals surface area contributed by atoms with E-state index in [0.29, 0.717) is 6.42 Å². The summed E-state index contributed by atoms with van der Waals surface area (Å²) in [4.78, 5) is 68.6. The van der Waals surface area contributed by atoms with Gasteiger partial charge >= 0.3 is 285 Å². The van der Waals surface area contributed by atoms with Gasteiger partial charge in [-0.05, 0) is 0 Å². The maximum absolute atomic E-state index is 14.0. The van der Waals surface area contributed by atoms with Gasteiger partial charge in [0.25, 0.3) is 0 Å². The van der Waals surface area contributed by atoms with Gasteiger partial charge in [-0.25, -0.2) is 0 Å². The fourth-order valence-corrected chi connectivity index (χ4v) is 7.44. The van der Waals surface area contributed by atoms with Gasteiger partial charge in [0.05, 0.1) is 0 Å². The Balaban J connectivity index is 2.09. The molecule has 2 aromatic rings. The van der Waals surface area contributed by atoms with Crippen LogP contribution in [0.4, 0.5) is 0 Å². The summed E-state index contributed by atoms with van der Waals surface area (Å²) in [6.07, 6.45) is -2.13. The molecule has 1 aliphatic heterocycles. The first kappa shape index (κ1) is 37.8. The number of cyclic esters (lactones) is 2. The fourth-order valence-electron chi connectivity index (χ4n) is 5.22. The van der Waals surface area contributed by atoms with Gasteiger partial charge in [0.15, 0.2) is 0 Å². The Kier molecular flexibility index (Phi) is 14.5. The average Bonchev–Trinajstić information content (AvgIpc) is 3.01. The van der Waals surface area contributed by atoms with Gasteiger partial charge in [-0.2, -0.15) is 0 Å². The van der Waals surface area contributed by atoms with Gasteiger partial charge < -0.3 is 0 Å². The molecule has 1 heterocycles. The van der Waals surface area contributed by atoms with Gasteiger partial charge in [0, 0.05) is 0 Å². The molecule has 1 aliphatic rings. The second kappa shape index (κ2) is 18.0. The molecule has 0 saturated carbocycles. The van der Waals surface area contributed by atoms with E-state index in [9.17, 15) is 24.0 Å². The Labute approximate surface area is 284 Å². The first-order valence-corrected chi connectivity index (χ1v) is 18.2. The molecular weight excluding hydrogens is 665 g/mol. The summed E-state index contributed by atoms with van der Waals surface area (Å²) in [5.74, 6) is -3.76. The van der Waals surface area contributed by atoms with Crippen LogP contribution in [-0.4, -0.2) is 75.0 Å². The second-order valence-electron chi connectivity index (χ2n) is 13.2. The molecule has 3 amide bonds. The van der Waals surface area contributed by atoms with Crippen LogP contribution in [-0.2, 0) is 39.9 Å². The molecule has 0 bridgehead atoms. The molecule has 1 fully saturated rings. The Morgan fingerprint density at radius 1 is 0.617 bits per heavy atom. The molecule has 0 radical (unpaired) electrons. The summed E-state index contributed by atoms with van der Waals surface area (Å²) in [6.45, 7) is 13.1. The number of amides is 3. The summed E-state index contributed by atoms with van der Waals surface area (Å²) in [5, 5.41) is 8.46. The number of rotatable bonds is 10. The second-order valence-corrected chi connectivity index (χ2v) is 16.3.